The van der Waals surface area contributed by atoms with Gasteiger partial charge in [0.05, 0.1) is 17.4 Å². The predicted molar refractivity (Wildman–Crippen MR) is 89.6 cm³/mol. The Morgan fingerprint density at radius 1 is 1.29 bits per heavy atom. The predicted octanol–water partition coefficient (Wildman–Crippen LogP) is 1.93. The molecule has 0 aromatic carbocycles. The number of amides is 1. The minimum absolute atomic E-state index is 0.0132. The Morgan fingerprint density at radius 2 is 2.08 bits per heavy atom. The van der Waals surface area contributed by atoms with Crippen molar-refractivity contribution < 1.29 is 4.79 Å². The Balaban J connectivity index is 1.46. The van der Waals surface area contributed by atoms with Crippen molar-refractivity contribution in [2.75, 3.05) is 13.1 Å². The number of H-pyrrole nitrogens is 1. The number of hydrogen-bond acceptors (Lipinski definition) is 3. The first-order chi connectivity index (χ1) is 11.5. The summed E-state index contributed by atoms with van der Waals surface area (Å²) in [4.78, 5) is 14.4. The topological polar surface area (TPSA) is 71.7 Å². The second kappa shape index (κ2) is 5.36. The van der Waals surface area contributed by atoms with Gasteiger partial charge in [-0.05, 0) is 38.1 Å². The van der Waals surface area contributed by atoms with Gasteiger partial charge < -0.3 is 9.47 Å². The fourth-order valence-corrected chi connectivity index (χ4v) is 3.25. The molecule has 1 aliphatic heterocycles. The van der Waals surface area contributed by atoms with Crippen LogP contribution in [0.15, 0.2) is 30.5 Å². The quantitative estimate of drug-likeness (QED) is 0.800. The van der Waals surface area contributed by atoms with Gasteiger partial charge in [-0.2, -0.15) is 10.2 Å². The molecule has 0 atom stereocenters. The highest BCUT2D eigenvalue weighted by Gasteiger charge is 2.34. The second-order valence-corrected chi connectivity index (χ2v) is 6.41. The third-order valence-corrected chi connectivity index (χ3v) is 4.55. The Kier molecular flexibility index (Phi) is 3.30. The van der Waals surface area contributed by atoms with E-state index in [1.807, 2.05) is 59.4 Å². The number of aromatic nitrogens is 5. The number of rotatable bonds is 3. The molecular formula is C17H20N6O. The fourth-order valence-electron chi connectivity index (χ4n) is 3.25. The lowest BCUT2D eigenvalue weighted by molar-refractivity contribution is 0.0491. The van der Waals surface area contributed by atoms with Crippen LogP contribution < -0.4 is 0 Å². The number of hydrogen-bond donors (Lipinski definition) is 1. The summed E-state index contributed by atoms with van der Waals surface area (Å²) in [6.45, 7) is 5.39. The molecule has 0 spiro atoms. The molecule has 24 heavy (non-hydrogen) atoms. The van der Waals surface area contributed by atoms with E-state index in [0.717, 1.165) is 22.8 Å². The van der Waals surface area contributed by atoms with Gasteiger partial charge in [-0.3, -0.25) is 14.6 Å². The zero-order chi connectivity index (χ0) is 16.8. The Labute approximate surface area is 139 Å². The zero-order valence-corrected chi connectivity index (χ0v) is 14.0. The number of aromatic amines is 1. The Hall–Kier alpha value is -2.83. The van der Waals surface area contributed by atoms with Crippen molar-refractivity contribution in [2.45, 2.75) is 19.9 Å². The van der Waals surface area contributed by atoms with Crippen LogP contribution in [0.5, 0.6) is 0 Å². The molecule has 124 valence electrons. The first kappa shape index (κ1) is 14.7. The molecule has 7 nitrogen and oxygen atoms in total. The van der Waals surface area contributed by atoms with Gasteiger partial charge in [0.25, 0.3) is 5.91 Å². The van der Waals surface area contributed by atoms with Gasteiger partial charge >= 0.3 is 0 Å². The summed E-state index contributed by atoms with van der Waals surface area (Å²) in [6.07, 6.45) is 1.96. The molecule has 4 rings (SSSR count). The van der Waals surface area contributed by atoms with E-state index in [-0.39, 0.29) is 11.9 Å². The van der Waals surface area contributed by atoms with E-state index < -0.39 is 0 Å². The number of carbonyl (C=O) groups is 1. The molecule has 0 saturated carbocycles. The molecule has 0 unspecified atom stereocenters. The fraction of sp³-hybridized carbons (Fsp3) is 0.353. The van der Waals surface area contributed by atoms with Crippen LogP contribution in [0.2, 0.25) is 0 Å². The number of carbonyl (C=O) groups excluding carboxylic acids is 1. The SMILES string of the molecule is Cc1cc(C)n(C2CN(C(=O)c3cc(-c4cccn4C)n[nH]3)C2)n1. The summed E-state index contributed by atoms with van der Waals surface area (Å²) in [5, 5.41) is 11.6. The average molecular weight is 324 g/mol. The van der Waals surface area contributed by atoms with Crippen molar-refractivity contribution in [2.24, 2.45) is 7.05 Å². The van der Waals surface area contributed by atoms with Gasteiger partial charge in [0.2, 0.25) is 0 Å². The standard InChI is InChI=1S/C17H20N6O/c1-11-7-12(2)23(20-11)13-9-22(10-13)17(24)15-8-14(18-19-15)16-5-4-6-21(16)3/h4-8,13H,9-10H2,1-3H3,(H,18,19). The van der Waals surface area contributed by atoms with Gasteiger partial charge in [-0.25, -0.2) is 0 Å². The summed E-state index contributed by atoms with van der Waals surface area (Å²) < 4.78 is 3.99. The summed E-state index contributed by atoms with van der Waals surface area (Å²) >= 11 is 0. The number of aryl methyl sites for hydroxylation is 3. The first-order valence-corrected chi connectivity index (χ1v) is 8.02. The van der Waals surface area contributed by atoms with Crippen molar-refractivity contribution >= 4 is 5.91 Å². The maximum atomic E-state index is 12.6. The van der Waals surface area contributed by atoms with E-state index in [2.05, 4.69) is 21.4 Å². The van der Waals surface area contributed by atoms with Crippen molar-refractivity contribution in [3.63, 3.8) is 0 Å². The van der Waals surface area contributed by atoms with E-state index in [4.69, 9.17) is 0 Å². The van der Waals surface area contributed by atoms with Crippen molar-refractivity contribution in [1.29, 1.82) is 0 Å². The van der Waals surface area contributed by atoms with Crippen molar-refractivity contribution in [1.82, 2.24) is 29.4 Å². The van der Waals surface area contributed by atoms with E-state index >= 15 is 0 Å². The second-order valence-electron chi connectivity index (χ2n) is 6.41. The maximum Gasteiger partial charge on any atom is 0.272 e. The van der Waals surface area contributed by atoms with Crippen LogP contribution in [0.25, 0.3) is 11.4 Å². The average Bonchev–Trinajstić information content (AvgIpc) is 3.18. The third-order valence-electron chi connectivity index (χ3n) is 4.55. The zero-order valence-electron chi connectivity index (χ0n) is 14.0. The Morgan fingerprint density at radius 3 is 2.71 bits per heavy atom. The Bertz CT molecular complexity index is 896. The number of nitrogens with one attached hydrogen (secondary N) is 1. The van der Waals surface area contributed by atoms with Gasteiger partial charge in [0, 0.05) is 32.0 Å². The molecule has 1 fully saturated rings. The lowest BCUT2D eigenvalue weighted by Crippen LogP contribution is -2.51. The van der Waals surface area contributed by atoms with Crippen LogP contribution >= 0.6 is 0 Å². The van der Waals surface area contributed by atoms with Gasteiger partial charge in [-0.15, -0.1) is 0 Å². The summed E-state index contributed by atoms with van der Waals surface area (Å²) in [6, 6.07) is 8.07. The van der Waals surface area contributed by atoms with Crippen molar-refractivity contribution in [3.05, 3.63) is 47.5 Å². The summed E-state index contributed by atoms with van der Waals surface area (Å²) in [7, 11) is 1.96. The van der Waals surface area contributed by atoms with Crippen LogP contribution in [-0.2, 0) is 7.05 Å². The van der Waals surface area contributed by atoms with Crippen LogP contribution in [0, 0.1) is 13.8 Å². The van der Waals surface area contributed by atoms with Gasteiger partial charge in [0.15, 0.2) is 0 Å². The third kappa shape index (κ3) is 2.33. The van der Waals surface area contributed by atoms with Gasteiger partial charge in [-0.1, -0.05) is 0 Å². The molecule has 0 aliphatic carbocycles. The van der Waals surface area contributed by atoms with Crippen LogP contribution in [-0.4, -0.2) is 48.4 Å². The van der Waals surface area contributed by atoms with E-state index in [0.29, 0.717) is 18.8 Å². The molecule has 0 radical (unpaired) electrons. The molecule has 3 aromatic heterocycles. The monoisotopic (exact) mass is 324 g/mol. The molecule has 3 aromatic rings. The number of likely N-dealkylation sites (tertiary alicyclic amines) is 1. The lowest BCUT2D eigenvalue weighted by Gasteiger charge is -2.39. The maximum absolute atomic E-state index is 12.6. The molecule has 1 aliphatic rings. The highest BCUT2D eigenvalue weighted by Crippen LogP contribution is 2.25. The van der Waals surface area contributed by atoms with E-state index in [1.165, 1.54) is 0 Å². The minimum Gasteiger partial charge on any atom is -0.349 e. The molecule has 0 bridgehead atoms. The summed E-state index contributed by atoms with van der Waals surface area (Å²) in [5.74, 6) is -0.0132. The van der Waals surface area contributed by atoms with Crippen LogP contribution in [0.4, 0.5) is 0 Å². The summed E-state index contributed by atoms with van der Waals surface area (Å²) in [5.41, 5.74) is 4.43. The first-order valence-electron chi connectivity index (χ1n) is 8.02. The van der Waals surface area contributed by atoms with Gasteiger partial charge in [0.1, 0.15) is 11.4 Å². The van der Waals surface area contributed by atoms with Crippen LogP contribution in [0.3, 0.4) is 0 Å². The van der Waals surface area contributed by atoms with E-state index in [1.54, 1.807) is 0 Å². The molecule has 7 heteroatoms. The minimum atomic E-state index is -0.0132. The molecular weight excluding hydrogens is 304 g/mol. The molecule has 1 N–H and O–H groups in total. The highest BCUT2D eigenvalue weighted by atomic mass is 16.2. The highest BCUT2D eigenvalue weighted by molar-refractivity contribution is 5.93. The van der Waals surface area contributed by atoms with E-state index in [9.17, 15) is 4.79 Å². The lowest BCUT2D eigenvalue weighted by atomic mass is 10.1. The molecule has 1 amide bonds. The molecule has 4 heterocycles. The van der Waals surface area contributed by atoms with Crippen molar-refractivity contribution in [3.8, 4) is 11.4 Å². The van der Waals surface area contributed by atoms with Crippen LogP contribution in [0.1, 0.15) is 27.9 Å². The molecule has 1 saturated heterocycles. The normalized spacial score (nSPS) is 14.9. The largest absolute Gasteiger partial charge is 0.349 e. The smallest absolute Gasteiger partial charge is 0.272 e. The number of nitrogens with zero attached hydrogens (tertiary/aromatic N) is 5.